The number of benzene rings is 2. The Hall–Kier alpha value is -2.57. The molecule has 7 heteroatoms. The minimum absolute atomic E-state index is 0.491. The summed E-state index contributed by atoms with van der Waals surface area (Å²) in [5.74, 6) is 2.45. The largest absolute Gasteiger partial charge is 0.493 e. The topological polar surface area (TPSA) is 58.4 Å². The van der Waals surface area contributed by atoms with Gasteiger partial charge < -0.3 is 14.2 Å². The monoisotopic (exact) mass is 369 g/mol. The van der Waals surface area contributed by atoms with Crippen molar-refractivity contribution in [3.63, 3.8) is 0 Å². The maximum absolute atomic E-state index is 6.28. The van der Waals surface area contributed by atoms with Crippen LogP contribution in [0.5, 0.6) is 11.5 Å². The number of hydrogen-bond acceptors (Lipinski definition) is 5. The molecule has 1 aliphatic heterocycles. The molecule has 1 atom stereocenters. The van der Waals surface area contributed by atoms with E-state index in [0.29, 0.717) is 22.3 Å². The Morgan fingerprint density at radius 2 is 1.96 bits per heavy atom. The molecule has 0 bridgehead atoms. The van der Waals surface area contributed by atoms with Crippen LogP contribution < -0.4 is 9.47 Å². The zero-order valence-corrected chi connectivity index (χ0v) is 15.2. The van der Waals surface area contributed by atoms with E-state index in [0.717, 1.165) is 22.6 Å². The molecule has 6 nitrogen and oxygen atoms in total. The summed E-state index contributed by atoms with van der Waals surface area (Å²) in [4.78, 5) is 0. The highest BCUT2D eigenvalue weighted by molar-refractivity contribution is 6.30. The minimum atomic E-state index is -0.491. The molecule has 0 saturated heterocycles. The molecule has 3 aromatic rings. The van der Waals surface area contributed by atoms with Gasteiger partial charge in [0.2, 0.25) is 6.61 Å². The van der Waals surface area contributed by atoms with Crippen LogP contribution >= 0.6 is 11.6 Å². The van der Waals surface area contributed by atoms with Crippen molar-refractivity contribution < 1.29 is 14.2 Å². The zero-order chi connectivity index (χ0) is 18.3. The molecule has 2 heterocycles. The van der Waals surface area contributed by atoms with Gasteiger partial charge in [0, 0.05) is 16.1 Å². The van der Waals surface area contributed by atoms with Gasteiger partial charge in [0.1, 0.15) is 11.9 Å². The minimum Gasteiger partial charge on any atom is -0.493 e. The van der Waals surface area contributed by atoms with Crippen LogP contribution in [0, 0.1) is 13.5 Å². The van der Waals surface area contributed by atoms with Crippen molar-refractivity contribution in [3.8, 4) is 17.2 Å². The van der Waals surface area contributed by atoms with E-state index in [-0.39, 0.29) is 0 Å². The Balaban J connectivity index is 1.95. The smallest absolute Gasteiger partial charge is 0.208 e. The van der Waals surface area contributed by atoms with Crippen molar-refractivity contribution in [2.45, 2.75) is 13.0 Å². The molecule has 0 N–H and O–H groups in total. The summed E-state index contributed by atoms with van der Waals surface area (Å²) in [5.41, 5.74) is 2.55. The van der Waals surface area contributed by atoms with Gasteiger partial charge in [-0.1, -0.05) is 23.7 Å². The third-order valence-electron chi connectivity index (χ3n) is 4.32. The summed E-state index contributed by atoms with van der Waals surface area (Å²) < 4.78 is 18.9. The fourth-order valence-electron chi connectivity index (χ4n) is 3.18. The third kappa shape index (κ3) is 2.62. The van der Waals surface area contributed by atoms with Crippen molar-refractivity contribution in [2.24, 2.45) is 0 Å². The van der Waals surface area contributed by atoms with Gasteiger partial charge in [-0.25, -0.2) is 0 Å². The van der Waals surface area contributed by atoms with Gasteiger partial charge in [-0.15, -0.1) is 10.2 Å². The fraction of sp³-hybridized carbons (Fsp3) is 0.211. The lowest BCUT2D eigenvalue weighted by atomic mass is 9.98. The molecule has 0 saturated carbocycles. The van der Waals surface area contributed by atoms with Gasteiger partial charge >= 0.3 is 0 Å². The number of halogens is 1. The number of fused-ring (bicyclic) bond motifs is 3. The van der Waals surface area contributed by atoms with E-state index in [4.69, 9.17) is 25.8 Å². The normalized spacial score (nSPS) is 15.8. The lowest BCUT2D eigenvalue weighted by molar-refractivity contribution is 0.146. The predicted octanol–water partition coefficient (Wildman–Crippen LogP) is 3.75. The summed E-state index contributed by atoms with van der Waals surface area (Å²) in [6.45, 7) is 4.78. The second-order valence-corrected chi connectivity index (χ2v) is 6.23. The lowest BCUT2D eigenvalue weighted by Gasteiger charge is -2.21. The van der Waals surface area contributed by atoms with Gasteiger partial charge in [-0.05, 0) is 31.2 Å². The van der Waals surface area contributed by atoms with E-state index in [1.165, 1.54) is 0 Å². The van der Waals surface area contributed by atoms with Gasteiger partial charge in [0.25, 0.3) is 0 Å². The summed E-state index contributed by atoms with van der Waals surface area (Å²) in [6, 6.07) is 11.3. The Labute approximate surface area is 156 Å². The molecule has 132 valence electrons. The van der Waals surface area contributed by atoms with Crippen LogP contribution in [0.25, 0.3) is 5.69 Å². The number of para-hydroxylation sites is 1. The van der Waals surface area contributed by atoms with Crippen molar-refractivity contribution in [3.05, 3.63) is 70.8 Å². The van der Waals surface area contributed by atoms with Gasteiger partial charge in [-0.3, -0.25) is 4.57 Å². The van der Waals surface area contributed by atoms with Crippen molar-refractivity contribution in [2.75, 3.05) is 14.2 Å². The SMILES string of the molecule is COc1cccc(C2O[C]c3nnc(C)n3-c3ccc(Cl)cc32)c1OC. The Morgan fingerprint density at radius 3 is 2.73 bits per heavy atom. The molecule has 2 radical (unpaired) electrons. The van der Waals surface area contributed by atoms with E-state index in [1.807, 2.05) is 47.9 Å². The van der Waals surface area contributed by atoms with Crippen molar-refractivity contribution in [1.29, 1.82) is 0 Å². The van der Waals surface area contributed by atoms with E-state index in [2.05, 4.69) is 16.8 Å². The number of hydrogen-bond donors (Lipinski definition) is 0. The average Bonchev–Trinajstić information content (AvgIpc) is 2.93. The highest BCUT2D eigenvalue weighted by Gasteiger charge is 2.30. The fourth-order valence-corrected chi connectivity index (χ4v) is 3.36. The van der Waals surface area contributed by atoms with Crippen LogP contribution in [0.2, 0.25) is 5.02 Å². The molecule has 1 aromatic heterocycles. The molecule has 0 aliphatic carbocycles. The number of aromatic nitrogens is 3. The molecule has 1 aliphatic rings. The van der Waals surface area contributed by atoms with E-state index < -0.39 is 6.10 Å². The number of aryl methyl sites for hydroxylation is 1. The highest BCUT2D eigenvalue weighted by Crippen LogP contribution is 2.43. The van der Waals surface area contributed by atoms with Crippen LogP contribution in [0.1, 0.15) is 28.9 Å². The van der Waals surface area contributed by atoms with Crippen LogP contribution in [0.15, 0.2) is 36.4 Å². The van der Waals surface area contributed by atoms with Crippen LogP contribution in [0.4, 0.5) is 0 Å². The number of nitrogens with zero attached hydrogens (tertiary/aromatic N) is 3. The van der Waals surface area contributed by atoms with Crippen LogP contribution in [-0.4, -0.2) is 29.0 Å². The highest BCUT2D eigenvalue weighted by atomic mass is 35.5. The lowest BCUT2D eigenvalue weighted by Crippen LogP contribution is -2.08. The van der Waals surface area contributed by atoms with Gasteiger partial charge in [-0.2, -0.15) is 0 Å². The molecular formula is C19H16ClN3O3. The summed E-state index contributed by atoms with van der Waals surface area (Å²) >= 11 is 6.28. The predicted molar refractivity (Wildman–Crippen MR) is 95.9 cm³/mol. The second-order valence-electron chi connectivity index (χ2n) is 5.79. The standard InChI is InChI=1S/C19H16ClN3O3/c1-11-21-22-17-10-26-18(13-5-4-6-16(24-2)19(13)25-3)14-9-12(20)7-8-15(14)23(11)17/h4-9,18H,1-3H3. The average molecular weight is 370 g/mol. The van der Waals surface area contributed by atoms with Gasteiger partial charge in [0.05, 0.1) is 19.9 Å². The van der Waals surface area contributed by atoms with E-state index in [1.54, 1.807) is 14.2 Å². The number of ether oxygens (including phenoxy) is 3. The Kier molecular flexibility index (Phi) is 4.30. The maximum Gasteiger partial charge on any atom is 0.208 e. The van der Waals surface area contributed by atoms with E-state index >= 15 is 0 Å². The summed E-state index contributed by atoms with van der Waals surface area (Å²) in [7, 11) is 3.20. The molecule has 1 unspecified atom stereocenters. The molecule has 0 spiro atoms. The first-order valence-electron chi connectivity index (χ1n) is 7.98. The van der Waals surface area contributed by atoms with E-state index in [9.17, 15) is 0 Å². The number of methoxy groups -OCH3 is 2. The molecule has 2 aromatic carbocycles. The molecular weight excluding hydrogens is 354 g/mol. The molecule has 0 amide bonds. The number of rotatable bonds is 3. The van der Waals surface area contributed by atoms with Crippen molar-refractivity contribution >= 4 is 11.6 Å². The zero-order valence-electron chi connectivity index (χ0n) is 14.5. The molecule has 26 heavy (non-hydrogen) atoms. The van der Waals surface area contributed by atoms with Crippen LogP contribution in [-0.2, 0) is 4.74 Å². The summed E-state index contributed by atoms with van der Waals surface area (Å²) in [5, 5.41) is 8.85. The first kappa shape index (κ1) is 16.9. The maximum atomic E-state index is 6.28. The molecule has 4 rings (SSSR count). The first-order chi connectivity index (χ1) is 12.6. The Bertz CT molecular complexity index is 971. The summed E-state index contributed by atoms with van der Waals surface area (Å²) in [6.07, 6.45) is -0.491. The quantitative estimate of drug-likeness (QED) is 0.703. The third-order valence-corrected chi connectivity index (χ3v) is 4.56. The van der Waals surface area contributed by atoms with Gasteiger partial charge in [0.15, 0.2) is 17.3 Å². The first-order valence-corrected chi connectivity index (χ1v) is 8.36. The second kappa shape index (κ2) is 6.63. The Morgan fingerprint density at radius 1 is 1.12 bits per heavy atom. The van der Waals surface area contributed by atoms with Crippen molar-refractivity contribution in [1.82, 2.24) is 14.8 Å². The van der Waals surface area contributed by atoms with Crippen LogP contribution in [0.3, 0.4) is 0 Å². The molecule has 0 fully saturated rings.